The molecule has 2 aromatic rings. The van der Waals surface area contributed by atoms with E-state index in [1.807, 2.05) is 13.8 Å². The molecule has 1 amide bonds. The van der Waals surface area contributed by atoms with Gasteiger partial charge in [-0.2, -0.15) is 13.2 Å². The van der Waals surface area contributed by atoms with Crippen LogP contribution in [-0.2, 0) is 20.4 Å². The van der Waals surface area contributed by atoms with E-state index in [2.05, 4.69) is 0 Å². The molecule has 208 valence electrons. The van der Waals surface area contributed by atoms with Gasteiger partial charge in [-0.3, -0.25) is 14.9 Å². The van der Waals surface area contributed by atoms with Crippen LogP contribution < -0.4 is 9.47 Å². The molecule has 0 aromatic heterocycles. The van der Waals surface area contributed by atoms with Gasteiger partial charge in [-0.15, -0.1) is 0 Å². The molecule has 38 heavy (non-hydrogen) atoms. The second kappa shape index (κ2) is 12.6. The van der Waals surface area contributed by atoms with Gasteiger partial charge in [-0.05, 0) is 37.6 Å². The molecule has 2 aromatic carbocycles. The van der Waals surface area contributed by atoms with Gasteiger partial charge in [0.2, 0.25) is 5.75 Å². The summed E-state index contributed by atoms with van der Waals surface area (Å²) in [6.45, 7) is 6.92. The molecule has 1 atom stereocenters. The maximum Gasteiger partial charge on any atom is 0.416 e. The predicted molar refractivity (Wildman–Crippen MR) is 131 cm³/mol. The molecule has 0 radical (unpaired) electrons. The molecular formula is C25H28ClF3N2O7. The maximum atomic E-state index is 13.2. The summed E-state index contributed by atoms with van der Waals surface area (Å²) in [4.78, 5) is 25.6. The molecule has 1 unspecified atom stereocenters. The highest BCUT2D eigenvalue weighted by molar-refractivity contribution is 6.32. The Hall–Kier alpha value is -3.09. The average Bonchev–Trinajstić information content (AvgIpc) is 2.85. The zero-order valence-corrected chi connectivity index (χ0v) is 21.8. The first kappa shape index (κ1) is 29.5. The van der Waals surface area contributed by atoms with E-state index < -0.39 is 40.7 Å². The van der Waals surface area contributed by atoms with E-state index in [-0.39, 0.29) is 34.7 Å². The molecule has 1 aliphatic heterocycles. The molecule has 9 nitrogen and oxygen atoms in total. The average molecular weight is 561 g/mol. The molecule has 0 saturated carbocycles. The number of amides is 1. The first-order valence-electron chi connectivity index (χ1n) is 11.9. The molecule has 1 aliphatic rings. The van der Waals surface area contributed by atoms with Gasteiger partial charge in [0.1, 0.15) is 11.5 Å². The summed E-state index contributed by atoms with van der Waals surface area (Å²) in [6, 6.07) is 6.08. The van der Waals surface area contributed by atoms with Crippen molar-refractivity contribution < 1.29 is 41.8 Å². The van der Waals surface area contributed by atoms with E-state index in [9.17, 15) is 28.1 Å². The number of hydrogen-bond acceptors (Lipinski definition) is 7. The lowest BCUT2D eigenvalue weighted by atomic mass is 10.2. The summed E-state index contributed by atoms with van der Waals surface area (Å²) in [6.07, 6.45) is -5.64. The Morgan fingerprint density at radius 3 is 2.47 bits per heavy atom. The molecule has 0 spiro atoms. The van der Waals surface area contributed by atoms with Gasteiger partial charge in [-0.1, -0.05) is 25.4 Å². The summed E-state index contributed by atoms with van der Waals surface area (Å²) < 4.78 is 61.3. The molecular weight excluding hydrogens is 533 g/mol. The van der Waals surface area contributed by atoms with E-state index in [1.165, 1.54) is 24.0 Å². The smallest absolute Gasteiger partial charge is 0.416 e. The number of rotatable bonds is 10. The largest absolute Gasteiger partial charge is 0.474 e. The van der Waals surface area contributed by atoms with Gasteiger partial charge in [0.25, 0.3) is 5.91 Å². The number of ether oxygens (including phenoxy) is 4. The minimum absolute atomic E-state index is 0.00967. The lowest BCUT2D eigenvalue weighted by Crippen LogP contribution is -2.47. The molecule has 0 bridgehead atoms. The van der Waals surface area contributed by atoms with Gasteiger partial charge in [0.15, 0.2) is 12.4 Å². The lowest BCUT2D eigenvalue weighted by molar-refractivity contribution is -0.386. The van der Waals surface area contributed by atoms with Crippen molar-refractivity contribution in [2.45, 2.75) is 45.8 Å². The zero-order chi connectivity index (χ0) is 28.0. The number of halogens is 4. The van der Waals surface area contributed by atoms with Crippen LogP contribution in [0.3, 0.4) is 0 Å². The summed E-state index contributed by atoms with van der Waals surface area (Å²) in [7, 11) is 0. The fraction of sp³-hybridized carbons (Fsp3) is 0.480. The highest BCUT2D eigenvalue weighted by Crippen LogP contribution is 2.38. The van der Waals surface area contributed by atoms with Gasteiger partial charge in [0.05, 0.1) is 35.3 Å². The fourth-order valence-electron chi connectivity index (χ4n) is 3.67. The number of benzene rings is 2. The van der Waals surface area contributed by atoms with Gasteiger partial charge in [0, 0.05) is 24.6 Å². The molecule has 3 rings (SSSR count). The number of carbonyl (C=O) groups is 1. The van der Waals surface area contributed by atoms with Crippen LogP contribution in [-0.4, -0.2) is 54.4 Å². The van der Waals surface area contributed by atoms with Crippen molar-refractivity contribution in [3.05, 3.63) is 57.1 Å². The van der Waals surface area contributed by atoms with Crippen molar-refractivity contribution in [3.63, 3.8) is 0 Å². The highest BCUT2D eigenvalue weighted by atomic mass is 35.5. The molecule has 1 fully saturated rings. The van der Waals surface area contributed by atoms with Crippen LogP contribution in [0.15, 0.2) is 36.4 Å². The second-order valence-electron chi connectivity index (χ2n) is 8.88. The van der Waals surface area contributed by atoms with Crippen molar-refractivity contribution in [1.82, 2.24) is 4.90 Å². The van der Waals surface area contributed by atoms with Crippen LogP contribution >= 0.6 is 11.6 Å². The summed E-state index contributed by atoms with van der Waals surface area (Å²) >= 11 is 5.95. The number of nitrogens with zero attached hydrogens (tertiary/aromatic N) is 2. The van der Waals surface area contributed by atoms with E-state index in [4.69, 9.17) is 30.5 Å². The van der Waals surface area contributed by atoms with Crippen LogP contribution in [0.1, 0.15) is 32.8 Å². The third-order valence-electron chi connectivity index (χ3n) is 5.57. The summed E-state index contributed by atoms with van der Waals surface area (Å²) in [5.74, 6) is -0.526. The quantitative estimate of drug-likeness (QED) is 0.257. The summed E-state index contributed by atoms with van der Waals surface area (Å²) in [5, 5.41) is 11.3. The Labute approximate surface area is 222 Å². The van der Waals surface area contributed by atoms with E-state index in [0.29, 0.717) is 32.2 Å². The van der Waals surface area contributed by atoms with Crippen LogP contribution in [0.4, 0.5) is 18.9 Å². The standard InChI is InChI=1S/C25H28ClF3N2O7/c1-4-9-30(12-23-35-13-15(2)14-36-23)24(32)16(3)37-22-11-18(6-7-20(22)31(33)34)38-21-8-5-17(10-19(21)26)25(27,28)29/h5-8,10-11,15-16,23H,4,9,12-14H2,1-3H3. The maximum absolute atomic E-state index is 13.2. The Balaban J connectivity index is 1.77. The van der Waals surface area contributed by atoms with Crippen LogP contribution in [0, 0.1) is 16.0 Å². The first-order chi connectivity index (χ1) is 17.9. The number of nitro groups is 1. The SMILES string of the molecule is CCCN(CC1OCC(C)CO1)C(=O)C(C)Oc1cc(Oc2ccc(C(F)(F)F)cc2Cl)ccc1[N+](=O)[O-]. The number of carbonyl (C=O) groups excluding carboxylic acids is 1. The second-order valence-corrected chi connectivity index (χ2v) is 9.28. The Kier molecular flexibility index (Phi) is 9.80. The third kappa shape index (κ3) is 7.71. The summed E-state index contributed by atoms with van der Waals surface area (Å²) in [5.41, 5.74) is -1.38. The van der Waals surface area contributed by atoms with E-state index in [1.54, 1.807) is 0 Å². The van der Waals surface area contributed by atoms with E-state index >= 15 is 0 Å². The zero-order valence-electron chi connectivity index (χ0n) is 21.0. The number of alkyl halides is 3. The Morgan fingerprint density at radius 1 is 1.21 bits per heavy atom. The van der Waals surface area contributed by atoms with Gasteiger partial charge >= 0.3 is 11.9 Å². The monoisotopic (exact) mass is 560 g/mol. The van der Waals surface area contributed by atoms with Crippen molar-refractivity contribution in [1.29, 1.82) is 0 Å². The first-order valence-corrected chi connectivity index (χ1v) is 12.3. The van der Waals surface area contributed by atoms with E-state index in [0.717, 1.165) is 18.2 Å². The Morgan fingerprint density at radius 2 is 1.89 bits per heavy atom. The normalized spacial score (nSPS) is 18.5. The molecule has 1 saturated heterocycles. The number of hydrogen-bond donors (Lipinski definition) is 0. The van der Waals surface area contributed by atoms with Crippen LogP contribution in [0.25, 0.3) is 0 Å². The minimum atomic E-state index is -4.58. The van der Waals surface area contributed by atoms with Crippen molar-refractivity contribution in [2.24, 2.45) is 5.92 Å². The highest BCUT2D eigenvalue weighted by Gasteiger charge is 2.32. The van der Waals surface area contributed by atoms with Crippen molar-refractivity contribution >= 4 is 23.2 Å². The van der Waals surface area contributed by atoms with Crippen LogP contribution in [0.2, 0.25) is 5.02 Å². The topological polar surface area (TPSA) is 100 Å². The third-order valence-corrected chi connectivity index (χ3v) is 5.87. The molecule has 0 aliphatic carbocycles. The number of nitro benzene ring substituents is 1. The van der Waals surface area contributed by atoms with Gasteiger partial charge in [-0.25, -0.2) is 0 Å². The minimum Gasteiger partial charge on any atom is -0.474 e. The van der Waals surface area contributed by atoms with Crippen molar-refractivity contribution in [3.8, 4) is 17.2 Å². The molecule has 0 N–H and O–H groups in total. The van der Waals surface area contributed by atoms with Crippen molar-refractivity contribution in [2.75, 3.05) is 26.3 Å². The Bertz CT molecular complexity index is 1140. The molecule has 1 heterocycles. The van der Waals surface area contributed by atoms with Gasteiger partial charge < -0.3 is 23.8 Å². The molecule has 13 heteroatoms. The fourth-order valence-corrected chi connectivity index (χ4v) is 3.89. The predicted octanol–water partition coefficient (Wildman–Crippen LogP) is 6.07. The lowest BCUT2D eigenvalue weighted by Gasteiger charge is -2.33. The van der Waals surface area contributed by atoms with Crippen LogP contribution in [0.5, 0.6) is 17.2 Å².